The van der Waals surface area contributed by atoms with E-state index in [-0.39, 0.29) is 17.7 Å². The van der Waals surface area contributed by atoms with Crippen LogP contribution in [0.2, 0.25) is 0 Å². The predicted octanol–water partition coefficient (Wildman–Crippen LogP) is 1.66. The van der Waals surface area contributed by atoms with Crippen LogP contribution in [0.25, 0.3) is 0 Å². The molecule has 1 aromatic carbocycles. The second-order valence-electron chi connectivity index (χ2n) is 4.44. The van der Waals surface area contributed by atoms with Gasteiger partial charge in [0.15, 0.2) is 0 Å². The fraction of sp³-hybridized carbons (Fsp3) is 0.500. The normalized spacial score (nSPS) is 13.6. The van der Waals surface area contributed by atoms with Crippen molar-refractivity contribution in [3.8, 4) is 0 Å². The van der Waals surface area contributed by atoms with Crippen molar-refractivity contribution in [2.75, 3.05) is 12.0 Å². The third-order valence-corrected chi connectivity index (χ3v) is 3.65. The minimum Gasteiger partial charge on any atom is -0.327 e. The Kier molecular flexibility index (Phi) is 5.22. The second-order valence-corrected chi connectivity index (χ2v) is 6.70. The topological polar surface area (TPSA) is 60.2 Å². The van der Waals surface area contributed by atoms with Crippen LogP contribution in [0.5, 0.6) is 0 Å². The summed E-state index contributed by atoms with van der Waals surface area (Å²) in [5, 5.41) is 0. The van der Waals surface area contributed by atoms with E-state index < -0.39 is 27.5 Å². The molecule has 0 aliphatic heterocycles. The van der Waals surface area contributed by atoms with Crippen molar-refractivity contribution in [2.45, 2.75) is 25.3 Å². The Morgan fingerprint density at radius 3 is 2.33 bits per heavy atom. The molecule has 102 valence electrons. The zero-order valence-corrected chi connectivity index (χ0v) is 11.0. The summed E-state index contributed by atoms with van der Waals surface area (Å²) in [4.78, 5) is 0. The van der Waals surface area contributed by atoms with Crippen molar-refractivity contribution in [2.24, 2.45) is 5.73 Å². The number of hydrogen-bond acceptors (Lipinski definition) is 3. The standard InChI is InChI=1S/C12H17F2NO2S/c1-18(16,17)7-3-4-9(15)8-10-11(13)5-2-6-12(10)14/h2,5-6,9H,3-4,7-8,15H2,1H3. The van der Waals surface area contributed by atoms with Gasteiger partial charge in [-0.2, -0.15) is 0 Å². The maximum Gasteiger partial charge on any atom is 0.147 e. The first kappa shape index (κ1) is 15.0. The number of benzene rings is 1. The maximum atomic E-state index is 13.3. The summed E-state index contributed by atoms with van der Waals surface area (Å²) in [6.45, 7) is 0. The van der Waals surface area contributed by atoms with E-state index in [1.54, 1.807) is 0 Å². The molecule has 1 rings (SSSR count). The van der Waals surface area contributed by atoms with E-state index in [0.29, 0.717) is 12.8 Å². The molecule has 0 aromatic heterocycles. The van der Waals surface area contributed by atoms with Crippen LogP contribution < -0.4 is 5.73 Å². The second kappa shape index (κ2) is 6.24. The lowest BCUT2D eigenvalue weighted by Gasteiger charge is -2.12. The van der Waals surface area contributed by atoms with Gasteiger partial charge in [-0.25, -0.2) is 17.2 Å². The van der Waals surface area contributed by atoms with Crippen LogP contribution in [-0.4, -0.2) is 26.5 Å². The van der Waals surface area contributed by atoms with Crippen molar-refractivity contribution < 1.29 is 17.2 Å². The van der Waals surface area contributed by atoms with Gasteiger partial charge in [0.2, 0.25) is 0 Å². The molecule has 0 heterocycles. The van der Waals surface area contributed by atoms with Gasteiger partial charge >= 0.3 is 0 Å². The summed E-state index contributed by atoms with van der Waals surface area (Å²) in [6.07, 6.45) is 2.04. The van der Waals surface area contributed by atoms with E-state index in [9.17, 15) is 17.2 Å². The van der Waals surface area contributed by atoms with Gasteiger partial charge in [0.1, 0.15) is 21.5 Å². The van der Waals surface area contributed by atoms with Gasteiger partial charge in [-0.1, -0.05) is 6.07 Å². The SMILES string of the molecule is CS(=O)(=O)CCCC(N)Cc1c(F)cccc1F. The molecule has 6 heteroatoms. The molecule has 0 saturated carbocycles. The molecule has 18 heavy (non-hydrogen) atoms. The van der Waals surface area contributed by atoms with Gasteiger partial charge in [0, 0.05) is 23.6 Å². The molecule has 1 atom stereocenters. The minimum absolute atomic E-state index is 0.0376. The highest BCUT2D eigenvalue weighted by molar-refractivity contribution is 7.90. The summed E-state index contributed by atoms with van der Waals surface area (Å²) >= 11 is 0. The van der Waals surface area contributed by atoms with E-state index in [1.807, 2.05) is 0 Å². The smallest absolute Gasteiger partial charge is 0.147 e. The van der Waals surface area contributed by atoms with E-state index in [2.05, 4.69) is 0 Å². The van der Waals surface area contributed by atoms with Crippen molar-refractivity contribution in [3.63, 3.8) is 0 Å². The Morgan fingerprint density at radius 1 is 1.28 bits per heavy atom. The summed E-state index contributed by atoms with van der Waals surface area (Å²) in [5.74, 6) is -1.19. The van der Waals surface area contributed by atoms with Crippen molar-refractivity contribution in [3.05, 3.63) is 35.4 Å². The van der Waals surface area contributed by atoms with Gasteiger partial charge in [0.25, 0.3) is 0 Å². The first-order valence-corrected chi connectivity index (χ1v) is 7.72. The van der Waals surface area contributed by atoms with Crippen LogP contribution >= 0.6 is 0 Å². The van der Waals surface area contributed by atoms with E-state index in [1.165, 1.54) is 18.2 Å². The molecular weight excluding hydrogens is 260 g/mol. The average molecular weight is 277 g/mol. The van der Waals surface area contributed by atoms with Crippen molar-refractivity contribution >= 4 is 9.84 Å². The number of rotatable bonds is 6. The molecule has 3 nitrogen and oxygen atoms in total. The molecule has 0 radical (unpaired) electrons. The Balaban J connectivity index is 2.52. The highest BCUT2D eigenvalue weighted by Gasteiger charge is 2.13. The molecule has 1 aromatic rings. The number of nitrogens with two attached hydrogens (primary N) is 1. The fourth-order valence-electron chi connectivity index (χ4n) is 1.70. The lowest BCUT2D eigenvalue weighted by atomic mass is 10.0. The number of sulfone groups is 1. The summed E-state index contributed by atoms with van der Waals surface area (Å²) < 4.78 is 48.5. The van der Waals surface area contributed by atoms with Gasteiger partial charge in [-0.15, -0.1) is 0 Å². The Bertz CT molecular complexity index is 483. The summed E-state index contributed by atoms with van der Waals surface area (Å²) in [5.41, 5.74) is 5.71. The maximum absolute atomic E-state index is 13.3. The fourth-order valence-corrected chi connectivity index (χ4v) is 2.39. The molecule has 2 N–H and O–H groups in total. The monoisotopic (exact) mass is 277 g/mol. The van der Waals surface area contributed by atoms with E-state index >= 15 is 0 Å². The minimum atomic E-state index is -3.01. The first-order valence-electron chi connectivity index (χ1n) is 5.66. The van der Waals surface area contributed by atoms with Gasteiger partial charge in [0.05, 0.1) is 0 Å². The Labute approximate surface area is 106 Å². The third kappa shape index (κ3) is 5.10. The summed E-state index contributed by atoms with van der Waals surface area (Å²) in [7, 11) is -3.01. The largest absolute Gasteiger partial charge is 0.327 e. The quantitative estimate of drug-likeness (QED) is 0.860. The van der Waals surface area contributed by atoms with Crippen LogP contribution in [0.1, 0.15) is 18.4 Å². The zero-order chi connectivity index (χ0) is 13.8. The molecule has 0 saturated heterocycles. The lowest BCUT2D eigenvalue weighted by molar-refractivity contribution is 0.519. The molecular formula is C12H17F2NO2S. The molecule has 0 amide bonds. The Morgan fingerprint density at radius 2 is 1.83 bits per heavy atom. The number of halogens is 2. The highest BCUT2D eigenvalue weighted by Crippen LogP contribution is 2.15. The lowest BCUT2D eigenvalue weighted by Crippen LogP contribution is -2.24. The van der Waals surface area contributed by atoms with Crippen molar-refractivity contribution in [1.82, 2.24) is 0 Å². The van der Waals surface area contributed by atoms with Crippen LogP contribution in [-0.2, 0) is 16.3 Å². The average Bonchev–Trinajstić information content (AvgIpc) is 2.22. The Hall–Kier alpha value is -1.01. The van der Waals surface area contributed by atoms with E-state index in [0.717, 1.165) is 6.26 Å². The van der Waals surface area contributed by atoms with Gasteiger partial charge < -0.3 is 5.73 Å². The highest BCUT2D eigenvalue weighted by atomic mass is 32.2. The van der Waals surface area contributed by atoms with Crippen LogP contribution in [0.15, 0.2) is 18.2 Å². The first-order chi connectivity index (χ1) is 8.29. The predicted molar refractivity (Wildman–Crippen MR) is 67.0 cm³/mol. The molecule has 0 aliphatic rings. The van der Waals surface area contributed by atoms with Gasteiger partial charge in [-0.05, 0) is 31.4 Å². The molecule has 1 unspecified atom stereocenters. The van der Waals surface area contributed by atoms with Crippen LogP contribution in [0, 0.1) is 11.6 Å². The zero-order valence-electron chi connectivity index (χ0n) is 10.2. The third-order valence-electron chi connectivity index (χ3n) is 2.62. The molecule has 0 aliphatic carbocycles. The van der Waals surface area contributed by atoms with Crippen molar-refractivity contribution in [1.29, 1.82) is 0 Å². The molecule has 0 fully saturated rings. The summed E-state index contributed by atoms with van der Waals surface area (Å²) in [6, 6.07) is 3.21. The van der Waals surface area contributed by atoms with E-state index in [4.69, 9.17) is 5.73 Å². The van der Waals surface area contributed by atoms with Gasteiger partial charge in [-0.3, -0.25) is 0 Å². The molecule has 0 spiro atoms. The molecule has 0 bridgehead atoms. The van der Waals surface area contributed by atoms with Crippen LogP contribution in [0.3, 0.4) is 0 Å². The van der Waals surface area contributed by atoms with Crippen LogP contribution in [0.4, 0.5) is 8.78 Å². The number of hydrogen-bond donors (Lipinski definition) is 1.